The highest BCUT2D eigenvalue weighted by Gasteiger charge is 2.39. The number of urea groups is 1. The van der Waals surface area contributed by atoms with Crippen molar-refractivity contribution in [3.63, 3.8) is 0 Å². The maximum atomic E-state index is 11.9. The van der Waals surface area contributed by atoms with E-state index in [4.69, 9.17) is 9.84 Å². The number of likely N-dealkylation sites (tertiary alicyclic amines) is 1. The molecule has 0 aromatic heterocycles. The fourth-order valence-corrected chi connectivity index (χ4v) is 2.73. The number of methoxy groups -OCH3 is 1. The lowest BCUT2D eigenvalue weighted by molar-refractivity contribution is -0.141. The van der Waals surface area contributed by atoms with E-state index in [1.165, 1.54) is 12.0 Å². The number of carboxylic acid groups (broad SMARTS) is 1. The zero-order valence-corrected chi connectivity index (χ0v) is 12.4. The average molecular weight is 308 g/mol. The van der Waals surface area contributed by atoms with Gasteiger partial charge in [0.1, 0.15) is 15.9 Å². The van der Waals surface area contributed by atoms with Crippen molar-refractivity contribution in [3.05, 3.63) is 0 Å². The van der Waals surface area contributed by atoms with E-state index >= 15 is 0 Å². The minimum absolute atomic E-state index is 0.0175. The van der Waals surface area contributed by atoms with Gasteiger partial charge in [0.15, 0.2) is 0 Å². The second-order valence-electron chi connectivity index (χ2n) is 4.82. The smallest absolute Gasteiger partial charge is 0.326 e. The van der Waals surface area contributed by atoms with Crippen LogP contribution in [0.15, 0.2) is 0 Å². The summed E-state index contributed by atoms with van der Waals surface area (Å²) >= 11 is 0. The summed E-state index contributed by atoms with van der Waals surface area (Å²) in [7, 11) is -1.59. The highest BCUT2D eigenvalue weighted by atomic mass is 32.2. The second-order valence-corrected chi connectivity index (χ2v) is 7.07. The van der Waals surface area contributed by atoms with Crippen LogP contribution in [-0.2, 0) is 19.4 Å². The van der Waals surface area contributed by atoms with Crippen LogP contribution in [0.3, 0.4) is 0 Å². The van der Waals surface area contributed by atoms with Gasteiger partial charge in [-0.25, -0.2) is 18.0 Å². The third-order valence-electron chi connectivity index (χ3n) is 3.11. The molecule has 2 N–H and O–H groups in total. The summed E-state index contributed by atoms with van der Waals surface area (Å²) in [4.78, 5) is 24.2. The Morgan fingerprint density at radius 3 is 2.60 bits per heavy atom. The molecule has 2 amide bonds. The van der Waals surface area contributed by atoms with Gasteiger partial charge in [-0.05, 0) is 6.42 Å². The standard InChI is InChI=1S/C11H20N2O6S/c1-19-8-6-9(10(14)15)13(7-8)11(16)12-4-3-5-20(2,17)18/h8-9H,3-7H2,1-2H3,(H,12,16)(H,14,15). The van der Waals surface area contributed by atoms with Gasteiger partial charge in [0.05, 0.1) is 11.9 Å². The molecule has 1 rings (SSSR count). The van der Waals surface area contributed by atoms with Crippen molar-refractivity contribution in [2.24, 2.45) is 0 Å². The number of nitrogens with one attached hydrogen (secondary N) is 1. The topological polar surface area (TPSA) is 113 Å². The molecule has 0 bridgehead atoms. The van der Waals surface area contributed by atoms with Crippen LogP contribution in [0.2, 0.25) is 0 Å². The van der Waals surface area contributed by atoms with Crippen LogP contribution in [0.1, 0.15) is 12.8 Å². The van der Waals surface area contributed by atoms with Gasteiger partial charge >= 0.3 is 12.0 Å². The second kappa shape index (κ2) is 6.89. The van der Waals surface area contributed by atoms with Gasteiger partial charge in [-0.2, -0.15) is 0 Å². The van der Waals surface area contributed by atoms with Crippen LogP contribution >= 0.6 is 0 Å². The van der Waals surface area contributed by atoms with E-state index in [2.05, 4.69) is 5.32 Å². The molecule has 0 aliphatic carbocycles. The summed E-state index contributed by atoms with van der Waals surface area (Å²) in [6.07, 6.45) is 1.38. The Labute approximate surface area is 118 Å². The Kier molecular flexibility index (Phi) is 5.75. The molecular formula is C11H20N2O6S. The molecule has 0 saturated carbocycles. The van der Waals surface area contributed by atoms with E-state index in [0.717, 1.165) is 6.26 Å². The van der Waals surface area contributed by atoms with Gasteiger partial charge < -0.3 is 20.1 Å². The van der Waals surface area contributed by atoms with Crippen LogP contribution in [0.5, 0.6) is 0 Å². The number of nitrogens with zero attached hydrogens (tertiary/aromatic N) is 1. The number of hydrogen-bond acceptors (Lipinski definition) is 5. The van der Waals surface area contributed by atoms with Gasteiger partial charge in [0.2, 0.25) is 0 Å². The summed E-state index contributed by atoms with van der Waals surface area (Å²) in [6, 6.07) is -1.42. The van der Waals surface area contributed by atoms with Gasteiger partial charge in [-0.3, -0.25) is 0 Å². The zero-order valence-electron chi connectivity index (χ0n) is 11.5. The lowest BCUT2D eigenvalue weighted by atomic mass is 10.2. The van der Waals surface area contributed by atoms with Crippen molar-refractivity contribution in [1.82, 2.24) is 10.2 Å². The Bertz CT molecular complexity index is 464. The van der Waals surface area contributed by atoms with E-state index in [1.54, 1.807) is 0 Å². The first kappa shape index (κ1) is 16.7. The zero-order chi connectivity index (χ0) is 15.3. The monoisotopic (exact) mass is 308 g/mol. The summed E-state index contributed by atoms with van der Waals surface area (Å²) in [5.41, 5.74) is 0. The van der Waals surface area contributed by atoms with E-state index in [-0.39, 0.29) is 31.4 Å². The minimum Gasteiger partial charge on any atom is -0.480 e. The molecule has 1 aliphatic rings. The van der Waals surface area contributed by atoms with Crippen LogP contribution in [0.4, 0.5) is 4.79 Å². The molecule has 0 radical (unpaired) electrons. The fraction of sp³-hybridized carbons (Fsp3) is 0.818. The van der Waals surface area contributed by atoms with Crippen molar-refractivity contribution in [3.8, 4) is 0 Å². The minimum atomic E-state index is -3.06. The van der Waals surface area contributed by atoms with E-state index < -0.39 is 27.9 Å². The molecule has 1 heterocycles. The Balaban J connectivity index is 2.47. The first-order chi connectivity index (χ1) is 9.24. The van der Waals surface area contributed by atoms with Crippen molar-refractivity contribution in [1.29, 1.82) is 0 Å². The Morgan fingerprint density at radius 1 is 1.45 bits per heavy atom. The molecule has 2 unspecified atom stereocenters. The number of amides is 2. The molecule has 9 heteroatoms. The van der Waals surface area contributed by atoms with E-state index in [0.29, 0.717) is 6.42 Å². The fourth-order valence-electron chi connectivity index (χ4n) is 2.06. The van der Waals surface area contributed by atoms with Crippen molar-refractivity contribution >= 4 is 21.8 Å². The van der Waals surface area contributed by atoms with Crippen LogP contribution in [-0.4, -0.2) is 74.8 Å². The molecule has 2 atom stereocenters. The highest BCUT2D eigenvalue weighted by molar-refractivity contribution is 7.90. The first-order valence-electron chi connectivity index (χ1n) is 6.22. The molecule has 1 saturated heterocycles. The third kappa shape index (κ3) is 4.97. The maximum absolute atomic E-state index is 11.9. The molecule has 1 fully saturated rings. The van der Waals surface area contributed by atoms with Gasteiger partial charge in [0.25, 0.3) is 0 Å². The normalized spacial score (nSPS) is 22.8. The van der Waals surface area contributed by atoms with Crippen LogP contribution < -0.4 is 5.32 Å². The van der Waals surface area contributed by atoms with Gasteiger partial charge in [0, 0.05) is 32.9 Å². The van der Waals surface area contributed by atoms with Crippen LogP contribution in [0, 0.1) is 0 Å². The summed E-state index contributed by atoms with van der Waals surface area (Å²) < 4.78 is 27.0. The van der Waals surface area contributed by atoms with E-state index in [9.17, 15) is 18.0 Å². The van der Waals surface area contributed by atoms with Gasteiger partial charge in [-0.1, -0.05) is 0 Å². The Hall–Kier alpha value is -1.35. The van der Waals surface area contributed by atoms with E-state index in [1.807, 2.05) is 0 Å². The molecule has 0 aromatic rings. The lowest BCUT2D eigenvalue weighted by Crippen LogP contribution is -2.46. The predicted molar refractivity (Wildman–Crippen MR) is 71.3 cm³/mol. The van der Waals surface area contributed by atoms with Crippen molar-refractivity contribution < 1.29 is 27.9 Å². The van der Waals surface area contributed by atoms with Crippen molar-refractivity contribution in [2.75, 3.05) is 32.2 Å². The molecule has 0 spiro atoms. The first-order valence-corrected chi connectivity index (χ1v) is 8.28. The number of aliphatic carboxylic acids is 1. The number of carbonyl (C=O) groups is 2. The SMILES string of the molecule is COC1CC(C(=O)O)N(C(=O)NCCCS(C)(=O)=O)C1. The number of sulfone groups is 1. The molecule has 1 aliphatic heterocycles. The Morgan fingerprint density at radius 2 is 2.10 bits per heavy atom. The quantitative estimate of drug-likeness (QED) is 0.628. The molecular weight excluding hydrogens is 288 g/mol. The van der Waals surface area contributed by atoms with Crippen molar-refractivity contribution in [2.45, 2.75) is 25.0 Å². The third-order valence-corrected chi connectivity index (χ3v) is 4.14. The number of carbonyl (C=O) groups excluding carboxylic acids is 1. The summed E-state index contributed by atoms with van der Waals surface area (Å²) in [6.45, 7) is 0.401. The molecule has 0 aromatic carbocycles. The number of ether oxygens (including phenoxy) is 1. The lowest BCUT2D eigenvalue weighted by Gasteiger charge is -2.21. The highest BCUT2D eigenvalue weighted by Crippen LogP contribution is 2.20. The summed E-state index contributed by atoms with van der Waals surface area (Å²) in [5.74, 6) is -1.09. The number of carboxylic acids is 1. The van der Waals surface area contributed by atoms with Gasteiger partial charge in [-0.15, -0.1) is 0 Å². The average Bonchev–Trinajstić information content (AvgIpc) is 2.77. The largest absolute Gasteiger partial charge is 0.480 e. The maximum Gasteiger partial charge on any atom is 0.326 e. The predicted octanol–water partition coefficient (Wildman–Crippen LogP) is -0.695. The number of rotatable bonds is 6. The molecule has 20 heavy (non-hydrogen) atoms. The molecule has 116 valence electrons. The molecule has 8 nitrogen and oxygen atoms in total. The summed E-state index contributed by atoms with van der Waals surface area (Å²) in [5, 5.41) is 11.6. The van der Waals surface area contributed by atoms with Crippen LogP contribution in [0.25, 0.3) is 0 Å². The number of hydrogen-bond donors (Lipinski definition) is 2.